The number of carbonyl (C=O) groups excluding carboxylic acids is 1. The van der Waals surface area contributed by atoms with E-state index in [4.69, 9.17) is 9.84 Å². The molecule has 1 amide bonds. The predicted octanol–water partition coefficient (Wildman–Crippen LogP) is 0.397. The second-order valence-electron chi connectivity index (χ2n) is 4.09. The number of thioether (sulfide) groups is 1. The van der Waals surface area contributed by atoms with Gasteiger partial charge in [0.2, 0.25) is 5.91 Å². The number of nitrogens with zero attached hydrogens (tertiary/aromatic N) is 1. The van der Waals surface area contributed by atoms with Gasteiger partial charge in [0.25, 0.3) is 0 Å². The van der Waals surface area contributed by atoms with Crippen LogP contribution in [0.2, 0.25) is 0 Å². The number of hydrogen-bond donors (Lipinski definition) is 1. The van der Waals surface area contributed by atoms with E-state index in [1.807, 2.05) is 6.92 Å². The highest BCUT2D eigenvalue weighted by atomic mass is 32.2. The summed E-state index contributed by atoms with van der Waals surface area (Å²) in [4.78, 5) is 24.7. The van der Waals surface area contributed by atoms with Gasteiger partial charge < -0.3 is 14.7 Å². The molecule has 0 radical (unpaired) electrons. The van der Waals surface area contributed by atoms with E-state index in [9.17, 15) is 9.59 Å². The second-order valence-corrected chi connectivity index (χ2v) is 5.44. The number of carbonyl (C=O) groups is 2. The highest BCUT2D eigenvalue weighted by molar-refractivity contribution is 8.00. The first-order valence-corrected chi connectivity index (χ1v) is 6.40. The van der Waals surface area contributed by atoms with Crippen molar-refractivity contribution in [3.63, 3.8) is 0 Å². The Labute approximate surface area is 98.1 Å². The Hall–Kier alpha value is -0.750. The maximum absolute atomic E-state index is 12.1. The van der Waals surface area contributed by atoms with Crippen molar-refractivity contribution in [3.8, 4) is 0 Å². The maximum atomic E-state index is 12.1. The van der Waals surface area contributed by atoms with Gasteiger partial charge in [0.15, 0.2) is 0 Å². The number of rotatable bonds is 2. The van der Waals surface area contributed by atoms with Crippen molar-refractivity contribution < 1.29 is 19.4 Å². The Kier molecular flexibility index (Phi) is 3.39. The topological polar surface area (TPSA) is 66.8 Å². The van der Waals surface area contributed by atoms with Gasteiger partial charge in [0.1, 0.15) is 6.04 Å². The zero-order valence-corrected chi connectivity index (χ0v) is 9.90. The molecule has 2 rings (SSSR count). The van der Waals surface area contributed by atoms with Crippen LogP contribution in [-0.4, -0.2) is 52.3 Å². The fourth-order valence-electron chi connectivity index (χ4n) is 2.11. The smallest absolute Gasteiger partial charge is 0.327 e. The van der Waals surface area contributed by atoms with Crippen LogP contribution in [-0.2, 0) is 14.3 Å². The quantitative estimate of drug-likeness (QED) is 0.762. The van der Waals surface area contributed by atoms with Crippen LogP contribution >= 0.6 is 11.8 Å². The van der Waals surface area contributed by atoms with E-state index in [1.54, 1.807) is 0 Å². The molecule has 2 aliphatic heterocycles. The number of carboxylic acids is 1. The normalized spacial score (nSPS) is 34.3. The maximum Gasteiger partial charge on any atom is 0.327 e. The van der Waals surface area contributed by atoms with Gasteiger partial charge in [0.05, 0.1) is 17.9 Å². The average Bonchev–Trinajstić information content (AvgIpc) is 2.84. The van der Waals surface area contributed by atoms with Crippen molar-refractivity contribution in [2.24, 2.45) is 5.92 Å². The lowest BCUT2D eigenvalue weighted by atomic mass is 10.1. The van der Waals surface area contributed by atoms with Crippen molar-refractivity contribution in [1.82, 2.24) is 4.90 Å². The van der Waals surface area contributed by atoms with Crippen molar-refractivity contribution in [2.75, 3.05) is 19.0 Å². The van der Waals surface area contributed by atoms with Crippen LogP contribution in [0.15, 0.2) is 0 Å². The molecule has 0 bridgehead atoms. The molecule has 0 aliphatic carbocycles. The summed E-state index contributed by atoms with van der Waals surface area (Å²) >= 11 is 1.51. The molecule has 6 heteroatoms. The molecule has 0 aromatic rings. The third-order valence-electron chi connectivity index (χ3n) is 3.04. The number of carboxylic acid groups (broad SMARTS) is 1. The van der Waals surface area contributed by atoms with Crippen LogP contribution in [0.25, 0.3) is 0 Å². The first-order valence-electron chi connectivity index (χ1n) is 5.35. The number of ether oxygens (including phenoxy) is 1. The van der Waals surface area contributed by atoms with E-state index in [0.717, 1.165) is 0 Å². The summed E-state index contributed by atoms with van der Waals surface area (Å²) in [7, 11) is 0. The Morgan fingerprint density at radius 3 is 2.81 bits per heavy atom. The number of hydrogen-bond acceptors (Lipinski definition) is 4. The Balaban J connectivity index is 2.10. The molecule has 1 N–H and O–H groups in total. The molecule has 0 aromatic carbocycles. The minimum atomic E-state index is -0.913. The van der Waals surface area contributed by atoms with Gasteiger partial charge >= 0.3 is 5.97 Å². The molecule has 0 aromatic heterocycles. The molecule has 2 heterocycles. The van der Waals surface area contributed by atoms with E-state index in [0.29, 0.717) is 25.4 Å². The molecule has 0 spiro atoms. The standard InChI is InChI=1S/C10H15NO4S/c1-6-11(8(5-16-6)10(13)14)9(12)7-2-3-15-4-7/h6-8H,2-5H2,1H3,(H,13,14). The van der Waals surface area contributed by atoms with Crippen molar-refractivity contribution in [3.05, 3.63) is 0 Å². The Morgan fingerprint density at radius 1 is 1.50 bits per heavy atom. The summed E-state index contributed by atoms with van der Waals surface area (Å²) in [5, 5.41) is 9.01. The fourth-order valence-corrected chi connectivity index (χ4v) is 3.28. The van der Waals surface area contributed by atoms with E-state index < -0.39 is 12.0 Å². The summed E-state index contributed by atoms with van der Waals surface area (Å²) in [6.45, 7) is 2.91. The van der Waals surface area contributed by atoms with Crippen LogP contribution in [0.3, 0.4) is 0 Å². The van der Waals surface area contributed by atoms with Crippen LogP contribution in [0, 0.1) is 5.92 Å². The summed E-state index contributed by atoms with van der Waals surface area (Å²) < 4.78 is 5.17. The molecular formula is C10H15NO4S. The summed E-state index contributed by atoms with van der Waals surface area (Å²) in [5.41, 5.74) is 0. The van der Waals surface area contributed by atoms with E-state index in [1.165, 1.54) is 16.7 Å². The minimum Gasteiger partial charge on any atom is -0.480 e. The zero-order valence-electron chi connectivity index (χ0n) is 9.09. The zero-order chi connectivity index (χ0) is 11.7. The molecule has 16 heavy (non-hydrogen) atoms. The molecule has 0 saturated carbocycles. The summed E-state index contributed by atoms with van der Waals surface area (Å²) in [5.74, 6) is -0.648. The summed E-state index contributed by atoms with van der Waals surface area (Å²) in [6, 6.07) is -0.673. The Morgan fingerprint density at radius 2 is 2.25 bits per heavy atom. The van der Waals surface area contributed by atoms with Gasteiger partial charge in [-0.2, -0.15) is 0 Å². The Bertz CT molecular complexity index is 303. The van der Waals surface area contributed by atoms with Crippen LogP contribution in [0.4, 0.5) is 0 Å². The molecule has 5 nitrogen and oxygen atoms in total. The molecule has 2 saturated heterocycles. The highest BCUT2D eigenvalue weighted by Gasteiger charge is 2.42. The van der Waals surface area contributed by atoms with Gasteiger partial charge in [-0.25, -0.2) is 4.79 Å². The summed E-state index contributed by atoms with van der Waals surface area (Å²) in [6.07, 6.45) is 0.707. The first-order chi connectivity index (χ1) is 7.61. The molecule has 2 aliphatic rings. The van der Waals surface area contributed by atoms with Crippen LogP contribution < -0.4 is 0 Å². The van der Waals surface area contributed by atoms with E-state index in [-0.39, 0.29) is 17.2 Å². The third-order valence-corrected chi connectivity index (χ3v) is 4.26. The molecule has 90 valence electrons. The molecule has 2 fully saturated rings. The van der Waals surface area contributed by atoms with E-state index in [2.05, 4.69) is 0 Å². The monoisotopic (exact) mass is 245 g/mol. The van der Waals surface area contributed by atoms with Crippen LogP contribution in [0.1, 0.15) is 13.3 Å². The second kappa shape index (κ2) is 4.63. The van der Waals surface area contributed by atoms with Gasteiger partial charge in [-0.1, -0.05) is 0 Å². The molecule has 3 atom stereocenters. The van der Waals surface area contributed by atoms with Crippen molar-refractivity contribution in [2.45, 2.75) is 24.8 Å². The highest BCUT2D eigenvalue weighted by Crippen LogP contribution is 2.31. The predicted molar refractivity (Wildman–Crippen MR) is 59.1 cm³/mol. The lowest BCUT2D eigenvalue weighted by Crippen LogP contribution is -2.47. The van der Waals surface area contributed by atoms with Crippen molar-refractivity contribution >= 4 is 23.6 Å². The average molecular weight is 245 g/mol. The fraction of sp³-hybridized carbons (Fsp3) is 0.800. The van der Waals surface area contributed by atoms with Crippen LogP contribution in [0.5, 0.6) is 0 Å². The number of amides is 1. The molecular weight excluding hydrogens is 230 g/mol. The van der Waals surface area contributed by atoms with Gasteiger partial charge in [0, 0.05) is 12.4 Å². The SMILES string of the molecule is CC1SCC(C(=O)O)N1C(=O)C1CCOC1. The van der Waals surface area contributed by atoms with Crippen molar-refractivity contribution in [1.29, 1.82) is 0 Å². The molecule has 3 unspecified atom stereocenters. The lowest BCUT2D eigenvalue weighted by molar-refractivity contribution is -0.150. The third kappa shape index (κ3) is 2.04. The minimum absolute atomic E-state index is 0.0470. The van der Waals surface area contributed by atoms with E-state index >= 15 is 0 Å². The number of aliphatic carboxylic acids is 1. The van der Waals surface area contributed by atoms with Gasteiger partial charge in [-0.05, 0) is 13.3 Å². The largest absolute Gasteiger partial charge is 0.480 e. The first kappa shape index (κ1) is 11.7. The lowest BCUT2D eigenvalue weighted by Gasteiger charge is -2.27. The van der Waals surface area contributed by atoms with Gasteiger partial charge in [-0.3, -0.25) is 4.79 Å². The van der Waals surface area contributed by atoms with Gasteiger partial charge in [-0.15, -0.1) is 11.8 Å².